The number of hydrogen-bond donors (Lipinski definition) is 4. The van der Waals surface area contributed by atoms with Gasteiger partial charge in [-0.3, -0.25) is 0 Å². The van der Waals surface area contributed by atoms with E-state index in [1.165, 1.54) is 110 Å². The van der Waals surface area contributed by atoms with Crippen LogP contribution in [0.1, 0.15) is 182 Å². The summed E-state index contributed by atoms with van der Waals surface area (Å²) in [4.78, 5) is 0.833. The van der Waals surface area contributed by atoms with E-state index in [9.17, 15) is 20.4 Å². The first-order valence-corrected chi connectivity index (χ1v) is 20.6. The van der Waals surface area contributed by atoms with E-state index in [0.717, 1.165) is 62.7 Å². The molecular formula is C43H81NO6. The van der Waals surface area contributed by atoms with Crippen molar-refractivity contribution in [2.45, 2.75) is 206 Å². The molecule has 0 aliphatic rings. The van der Waals surface area contributed by atoms with Crippen LogP contribution >= 0.6 is 0 Å². The van der Waals surface area contributed by atoms with Crippen LogP contribution in [0.15, 0.2) is 48.6 Å². The number of ether oxygens (including phenoxy) is 2. The van der Waals surface area contributed by atoms with Crippen LogP contribution in [0.25, 0.3) is 0 Å². The minimum Gasteiger partial charge on any atom is -0.379 e. The molecule has 4 N–H and O–H groups in total. The summed E-state index contributed by atoms with van der Waals surface area (Å²) >= 11 is 0. The van der Waals surface area contributed by atoms with Gasteiger partial charge in [0.05, 0.1) is 6.61 Å². The Labute approximate surface area is 308 Å². The van der Waals surface area contributed by atoms with Gasteiger partial charge in [0.25, 0.3) is 0 Å². The quantitative estimate of drug-likeness (QED) is 0.0289. The standard InChI is InChI=1S/C43H81NO6/c1-5-7-9-11-13-15-17-19-21-23-25-27-29-31-33-35-37-49-39-40(41(45)44(42(46)47)43(3,4)48)50-38-36-34-32-30-28-26-24-22-20-18-16-14-12-10-8-6-2/h13-16,19-22,40-42,45-48H,5-12,17-18,23-39H2,1-4H3/b15-13-,16-14-,21-19-,22-20-. The zero-order valence-electron chi connectivity index (χ0n) is 33.0. The van der Waals surface area contributed by atoms with E-state index in [-0.39, 0.29) is 6.61 Å². The summed E-state index contributed by atoms with van der Waals surface area (Å²) in [6, 6.07) is 0. The fraction of sp³-hybridized carbons (Fsp3) is 0.814. The third-order valence-electron chi connectivity index (χ3n) is 8.95. The molecule has 7 heteroatoms. The van der Waals surface area contributed by atoms with Crippen molar-refractivity contribution in [3.05, 3.63) is 48.6 Å². The van der Waals surface area contributed by atoms with Gasteiger partial charge in [0.15, 0.2) is 0 Å². The highest BCUT2D eigenvalue weighted by atomic mass is 16.6. The van der Waals surface area contributed by atoms with Gasteiger partial charge in [-0.05, 0) is 90.9 Å². The molecule has 0 aromatic heterocycles. The van der Waals surface area contributed by atoms with Crippen molar-refractivity contribution >= 4 is 0 Å². The predicted molar refractivity (Wildman–Crippen MR) is 212 cm³/mol. The second-order valence-electron chi connectivity index (χ2n) is 14.3. The van der Waals surface area contributed by atoms with Crippen molar-refractivity contribution in [2.75, 3.05) is 19.8 Å². The summed E-state index contributed by atoms with van der Waals surface area (Å²) in [7, 11) is 0. The van der Waals surface area contributed by atoms with E-state index in [1.807, 2.05) is 0 Å². The molecule has 7 nitrogen and oxygen atoms in total. The Morgan fingerprint density at radius 1 is 0.520 bits per heavy atom. The van der Waals surface area contributed by atoms with Crippen LogP contribution in [-0.2, 0) is 9.47 Å². The maximum atomic E-state index is 11.0. The van der Waals surface area contributed by atoms with E-state index in [2.05, 4.69) is 62.5 Å². The Bertz CT molecular complexity index is 819. The van der Waals surface area contributed by atoms with E-state index < -0.39 is 24.5 Å². The smallest absolute Gasteiger partial charge is 0.217 e. The molecule has 0 aliphatic heterocycles. The molecule has 0 amide bonds. The average molecular weight is 708 g/mol. The molecule has 0 rings (SSSR count). The third-order valence-corrected chi connectivity index (χ3v) is 8.95. The molecule has 0 spiro atoms. The maximum absolute atomic E-state index is 11.0. The number of aliphatic hydroxyl groups excluding tert-OH is 2. The Morgan fingerprint density at radius 2 is 0.900 bits per heavy atom. The van der Waals surface area contributed by atoms with Crippen molar-refractivity contribution in [1.29, 1.82) is 0 Å². The zero-order valence-corrected chi connectivity index (χ0v) is 33.0. The first-order valence-electron chi connectivity index (χ1n) is 20.6. The molecule has 0 saturated carbocycles. The highest BCUT2D eigenvalue weighted by molar-refractivity contribution is 4.93. The zero-order chi connectivity index (χ0) is 37.0. The van der Waals surface area contributed by atoms with Crippen LogP contribution < -0.4 is 0 Å². The molecule has 0 bridgehead atoms. The minimum atomic E-state index is -2.04. The molecule has 0 radical (unpaired) electrons. The van der Waals surface area contributed by atoms with Gasteiger partial charge < -0.3 is 29.9 Å². The van der Waals surface area contributed by atoms with E-state index in [0.29, 0.717) is 13.2 Å². The Morgan fingerprint density at radius 3 is 1.30 bits per heavy atom. The molecule has 0 heterocycles. The molecule has 0 aromatic carbocycles. The number of unbranched alkanes of at least 4 members (excludes halogenated alkanes) is 18. The van der Waals surface area contributed by atoms with Crippen molar-refractivity contribution in [2.24, 2.45) is 0 Å². The number of nitrogens with zero attached hydrogens (tertiary/aromatic N) is 1. The molecule has 0 saturated heterocycles. The van der Waals surface area contributed by atoms with Crippen LogP contribution in [0.5, 0.6) is 0 Å². The van der Waals surface area contributed by atoms with Gasteiger partial charge in [-0.2, -0.15) is 4.90 Å². The van der Waals surface area contributed by atoms with Crippen molar-refractivity contribution in [1.82, 2.24) is 4.90 Å². The summed E-state index contributed by atoms with van der Waals surface area (Å²) in [5.74, 6) is 0. The lowest BCUT2D eigenvalue weighted by Crippen LogP contribution is -2.60. The Kier molecular flexibility index (Phi) is 35.1. The van der Waals surface area contributed by atoms with Crippen molar-refractivity contribution in [3.8, 4) is 0 Å². The second kappa shape index (κ2) is 36.1. The highest BCUT2D eigenvalue weighted by Gasteiger charge is 2.39. The Hall–Kier alpha value is -1.32. The summed E-state index contributed by atoms with van der Waals surface area (Å²) in [6.07, 6.45) is 42.1. The number of allylic oxidation sites excluding steroid dienone is 8. The van der Waals surface area contributed by atoms with Crippen LogP contribution in [0, 0.1) is 0 Å². The first kappa shape index (κ1) is 48.7. The van der Waals surface area contributed by atoms with Crippen LogP contribution in [-0.4, -0.2) is 69.6 Å². The summed E-state index contributed by atoms with van der Waals surface area (Å²) < 4.78 is 11.9. The summed E-state index contributed by atoms with van der Waals surface area (Å²) in [6.45, 7) is 8.39. The number of hydrogen-bond acceptors (Lipinski definition) is 7. The molecular weight excluding hydrogens is 626 g/mol. The monoisotopic (exact) mass is 708 g/mol. The van der Waals surface area contributed by atoms with Gasteiger partial charge in [-0.15, -0.1) is 0 Å². The lowest BCUT2D eigenvalue weighted by molar-refractivity contribution is -0.304. The van der Waals surface area contributed by atoms with Crippen molar-refractivity contribution < 1.29 is 29.9 Å². The summed E-state index contributed by atoms with van der Waals surface area (Å²) in [5.41, 5.74) is -1.66. The van der Waals surface area contributed by atoms with E-state index in [1.54, 1.807) is 0 Å². The lowest BCUT2D eigenvalue weighted by atomic mass is 10.1. The molecule has 0 fully saturated rings. The maximum Gasteiger partial charge on any atom is 0.217 e. The first-order chi connectivity index (χ1) is 24.3. The van der Waals surface area contributed by atoms with Gasteiger partial charge in [-0.1, -0.05) is 140 Å². The average Bonchev–Trinajstić information content (AvgIpc) is 3.07. The van der Waals surface area contributed by atoms with E-state index >= 15 is 0 Å². The third kappa shape index (κ3) is 31.4. The fourth-order valence-electron chi connectivity index (χ4n) is 5.86. The molecule has 50 heavy (non-hydrogen) atoms. The molecule has 2 atom stereocenters. The Balaban J connectivity index is 4.20. The normalized spacial score (nSPS) is 14.2. The van der Waals surface area contributed by atoms with Crippen LogP contribution in [0.4, 0.5) is 0 Å². The molecule has 294 valence electrons. The topological polar surface area (TPSA) is 103 Å². The SMILES string of the molecule is CCCCC/C=C\C/C=C\CCCCCCCCOCC(OCCCCCCCC/C=C\C/C=C\CCCCC)C(O)N(C(O)O)C(C)(C)O. The van der Waals surface area contributed by atoms with Gasteiger partial charge in [0.2, 0.25) is 6.41 Å². The second-order valence-corrected chi connectivity index (χ2v) is 14.3. The van der Waals surface area contributed by atoms with Crippen LogP contribution in [0.2, 0.25) is 0 Å². The van der Waals surface area contributed by atoms with E-state index in [4.69, 9.17) is 9.47 Å². The predicted octanol–water partition coefficient (Wildman–Crippen LogP) is 10.6. The van der Waals surface area contributed by atoms with Gasteiger partial charge >= 0.3 is 0 Å². The fourth-order valence-corrected chi connectivity index (χ4v) is 5.86. The largest absolute Gasteiger partial charge is 0.379 e. The van der Waals surface area contributed by atoms with Gasteiger partial charge in [0, 0.05) is 13.2 Å². The van der Waals surface area contributed by atoms with Gasteiger partial charge in [0.1, 0.15) is 18.1 Å². The molecule has 2 unspecified atom stereocenters. The summed E-state index contributed by atoms with van der Waals surface area (Å²) in [5, 5.41) is 41.2. The number of rotatable bonds is 37. The van der Waals surface area contributed by atoms with Crippen LogP contribution in [0.3, 0.4) is 0 Å². The molecule has 0 aromatic rings. The lowest BCUT2D eigenvalue weighted by Gasteiger charge is -2.41. The highest BCUT2D eigenvalue weighted by Crippen LogP contribution is 2.20. The minimum absolute atomic E-state index is 0.114. The van der Waals surface area contributed by atoms with Crippen molar-refractivity contribution in [3.63, 3.8) is 0 Å². The number of aliphatic hydroxyl groups is 4. The van der Waals surface area contributed by atoms with Gasteiger partial charge in [-0.25, -0.2) is 0 Å². The molecule has 0 aliphatic carbocycles.